The topological polar surface area (TPSA) is 64.3 Å². The molecule has 3 aromatic rings. The summed E-state index contributed by atoms with van der Waals surface area (Å²) in [6.07, 6.45) is 1.90. The quantitative estimate of drug-likeness (QED) is 0.699. The van der Waals surface area contributed by atoms with Crippen LogP contribution in [-0.2, 0) is 11.3 Å². The predicted molar refractivity (Wildman–Crippen MR) is 104 cm³/mol. The molecule has 0 atom stereocenters. The van der Waals surface area contributed by atoms with Gasteiger partial charge in [0, 0.05) is 13.1 Å². The van der Waals surface area contributed by atoms with Crippen LogP contribution in [0.4, 0.5) is 4.39 Å². The highest BCUT2D eigenvalue weighted by Gasteiger charge is 2.21. The highest BCUT2D eigenvalue weighted by Crippen LogP contribution is 2.15. The number of likely N-dealkylation sites (tertiary alicyclic amines) is 1. The standard InChI is InChI=1S/C21H20FN3O3/c1-14-7-8-18-17(11-14)20(27)25(16-6-4-5-15(22)12-16)21(28)24(18)13-19(26)23-9-2-3-10-23/h4-8,11-12H,2-3,9-10,13H2,1H3. The average molecular weight is 381 g/mol. The molecule has 144 valence electrons. The smallest absolute Gasteiger partial charge is 0.336 e. The van der Waals surface area contributed by atoms with Crippen LogP contribution in [-0.4, -0.2) is 33.0 Å². The monoisotopic (exact) mass is 381 g/mol. The van der Waals surface area contributed by atoms with Crippen molar-refractivity contribution in [3.63, 3.8) is 0 Å². The van der Waals surface area contributed by atoms with Crippen LogP contribution < -0.4 is 11.2 Å². The maximum absolute atomic E-state index is 13.7. The van der Waals surface area contributed by atoms with E-state index in [-0.39, 0.29) is 18.1 Å². The number of hydrogen-bond donors (Lipinski definition) is 0. The van der Waals surface area contributed by atoms with E-state index in [9.17, 15) is 18.8 Å². The fourth-order valence-electron chi connectivity index (χ4n) is 3.69. The zero-order valence-corrected chi connectivity index (χ0v) is 15.5. The van der Waals surface area contributed by atoms with E-state index in [1.54, 1.807) is 23.1 Å². The molecule has 1 saturated heterocycles. The molecule has 1 aromatic heterocycles. The lowest BCUT2D eigenvalue weighted by Gasteiger charge is -2.18. The van der Waals surface area contributed by atoms with Gasteiger partial charge in [-0.15, -0.1) is 0 Å². The minimum absolute atomic E-state index is 0.140. The van der Waals surface area contributed by atoms with Crippen LogP contribution in [0.1, 0.15) is 18.4 Å². The first-order valence-corrected chi connectivity index (χ1v) is 9.25. The Labute approximate surface area is 160 Å². The van der Waals surface area contributed by atoms with Crippen molar-refractivity contribution in [1.29, 1.82) is 0 Å². The van der Waals surface area contributed by atoms with Gasteiger partial charge >= 0.3 is 5.69 Å². The van der Waals surface area contributed by atoms with E-state index in [1.165, 1.54) is 22.8 Å². The first kappa shape index (κ1) is 18.2. The predicted octanol–water partition coefficient (Wildman–Crippen LogP) is 2.22. The van der Waals surface area contributed by atoms with Crippen molar-refractivity contribution in [2.75, 3.05) is 13.1 Å². The molecule has 7 heteroatoms. The third-order valence-electron chi connectivity index (χ3n) is 5.12. The summed E-state index contributed by atoms with van der Waals surface area (Å²) in [6, 6.07) is 10.5. The molecule has 2 aromatic carbocycles. The molecule has 2 heterocycles. The lowest BCUT2D eigenvalue weighted by atomic mass is 10.1. The Balaban J connectivity index is 1.96. The molecule has 0 saturated carbocycles. The summed E-state index contributed by atoms with van der Waals surface area (Å²) >= 11 is 0. The Hall–Kier alpha value is -3.22. The van der Waals surface area contributed by atoms with Gasteiger partial charge < -0.3 is 4.90 Å². The van der Waals surface area contributed by atoms with Crippen LogP contribution in [0.5, 0.6) is 0 Å². The number of fused-ring (bicyclic) bond motifs is 1. The van der Waals surface area contributed by atoms with Crippen molar-refractivity contribution < 1.29 is 9.18 Å². The minimum Gasteiger partial charge on any atom is -0.341 e. The Morgan fingerprint density at radius 3 is 2.54 bits per heavy atom. The number of rotatable bonds is 3. The lowest BCUT2D eigenvalue weighted by Crippen LogP contribution is -2.42. The van der Waals surface area contributed by atoms with Crippen LogP contribution in [0.15, 0.2) is 52.1 Å². The van der Waals surface area contributed by atoms with E-state index in [0.717, 1.165) is 29.0 Å². The molecule has 0 aliphatic carbocycles. The summed E-state index contributed by atoms with van der Waals surface area (Å²) in [7, 11) is 0. The Bertz CT molecular complexity index is 1190. The van der Waals surface area contributed by atoms with Crippen molar-refractivity contribution in [3.05, 3.63) is 74.7 Å². The molecule has 4 rings (SSSR count). The van der Waals surface area contributed by atoms with Gasteiger partial charge in [0.2, 0.25) is 5.91 Å². The van der Waals surface area contributed by atoms with Gasteiger partial charge in [0.1, 0.15) is 12.4 Å². The van der Waals surface area contributed by atoms with Crippen molar-refractivity contribution >= 4 is 16.8 Å². The number of aromatic nitrogens is 2. The third-order valence-corrected chi connectivity index (χ3v) is 5.12. The summed E-state index contributed by atoms with van der Waals surface area (Å²) in [6.45, 7) is 3.03. The molecule has 0 bridgehead atoms. The summed E-state index contributed by atoms with van der Waals surface area (Å²) in [4.78, 5) is 40.6. The molecule has 28 heavy (non-hydrogen) atoms. The number of hydrogen-bond acceptors (Lipinski definition) is 3. The van der Waals surface area contributed by atoms with Crippen LogP contribution in [0.2, 0.25) is 0 Å². The number of aryl methyl sites for hydroxylation is 1. The maximum Gasteiger partial charge on any atom is 0.336 e. The number of benzene rings is 2. The summed E-state index contributed by atoms with van der Waals surface area (Å²) < 4.78 is 16.0. The molecule has 1 aliphatic rings. The number of halogens is 1. The van der Waals surface area contributed by atoms with Crippen LogP contribution >= 0.6 is 0 Å². The number of amides is 1. The van der Waals surface area contributed by atoms with E-state index in [4.69, 9.17) is 0 Å². The van der Waals surface area contributed by atoms with Crippen LogP contribution in [0, 0.1) is 12.7 Å². The van der Waals surface area contributed by atoms with Crippen molar-refractivity contribution in [2.24, 2.45) is 0 Å². The van der Waals surface area contributed by atoms with E-state index in [1.807, 2.05) is 6.92 Å². The largest absolute Gasteiger partial charge is 0.341 e. The van der Waals surface area contributed by atoms with Gasteiger partial charge in [-0.3, -0.25) is 14.2 Å². The summed E-state index contributed by atoms with van der Waals surface area (Å²) in [5, 5.41) is 0.318. The maximum atomic E-state index is 13.7. The van der Waals surface area contributed by atoms with Gasteiger partial charge in [-0.2, -0.15) is 0 Å². The lowest BCUT2D eigenvalue weighted by molar-refractivity contribution is -0.130. The molecule has 0 spiro atoms. The molecule has 1 fully saturated rings. The van der Waals surface area contributed by atoms with Crippen LogP contribution in [0.3, 0.4) is 0 Å². The molecular formula is C21H20FN3O3. The number of carbonyl (C=O) groups excluding carboxylic acids is 1. The normalized spacial score (nSPS) is 14.0. The zero-order chi connectivity index (χ0) is 19.8. The van der Waals surface area contributed by atoms with Crippen molar-refractivity contribution in [3.8, 4) is 5.69 Å². The SMILES string of the molecule is Cc1ccc2c(c1)c(=O)n(-c1cccc(F)c1)c(=O)n2CC(=O)N1CCCC1. The second-order valence-corrected chi connectivity index (χ2v) is 7.10. The molecule has 6 nitrogen and oxygen atoms in total. The first-order valence-electron chi connectivity index (χ1n) is 9.25. The van der Waals surface area contributed by atoms with E-state index >= 15 is 0 Å². The number of carbonyl (C=O) groups is 1. The van der Waals surface area contributed by atoms with Gasteiger partial charge in [-0.05, 0) is 50.1 Å². The first-order chi connectivity index (χ1) is 13.5. The van der Waals surface area contributed by atoms with Gasteiger partial charge in [0.05, 0.1) is 16.6 Å². The minimum atomic E-state index is -0.653. The fourth-order valence-corrected chi connectivity index (χ4v) is 3.69. The van der Waals surface area contributed by atoms with Crippen molar-refractivity contribution in [2.45, 2.75) is 26.3 Å². The van der Waals surface area contributed by atoms with Crippen LogP contribution in [0.25, 0.3) is 16.6 Å². The molecular weight excluding hydrogens is 361 g/mol. The third kappa shape index (κ3) is 3.13. The zero-order valence-electron chi connectivity index (χ0n) is 15.5. The van der Waals surface area contributed by atoms with Gasteiger partial charge in [-0.25, -0.2) is 13.8 Å². The Morgan fingerprint density at radius 2 is 1.82 bits per heavy atom. The molecule has 0 unspecified atom stereocenters. The molecule has 1 amide bonds. The second kappa shape index (κ2) is 7.07. The Morgan fingerprint density at radius 1 is 1.07 bits per heavy atom. The average Bonchev–Trinajstić information content (AvgIpc) is 3.20. The second-order valence-electron chi connectivity index (χ2n) is 7.10. The molecule has 1 aliphatic heterocycles. The molecule has 0 radical (unpaired) electrons. The highest BCUT2D eigenvalue weighted by molar-refractivity contribution is 5.82. The van der Waals surface area contributed by atoms with E-state index in [2.05, 4.69) is 0 Å². The van der Waals surface area contributed by atoms with E-state index in [0.29, 0.717) is 24.0 Å². The summed E-state index contributed by atoms with van der Waals surface area (Å²) in [5.74, 6) is -0.709. The molecule has 0 N–H and O–H groups in total. The highest BCUT2D eigenvalue weighted by atomic mass is 19.1. The van der Waals surface area contributed by atoms with Gasteiger partial charge in [-0.1, -0.05) is 17.7 Å². The number of nitrogens with zero attached hydrogens (tertiary/aromatic N) is 3. The fraction of sp³-hybridized carbons (Fsp3) is 0.286. The van der Waals surface area contributed by atoms with Gasteiger partial charge in [0.25, 0.3) is 5.56 Å². The summed E-state index contributed by atoms with van der Waals surface area (Å²) in [5.41, 5.74) is 0.215. The Kier molecular flexibility index (Phi) is 4.58. The van der Waals surface area contributed by atoms with E-state index < -0.39 is 17.1 Å². The van der Waals surface area contributed by atoms with Crippen molar-refractivity contribution in [1.82, 2.24) is 14.0 Å². The van der Waals surface area contributed by atoms with Gasteiger partial charge in [0.15, 0.2) is 0 Å².